The molecule has 4 unspecified atom stereocenters. The lowest BCUT2D eigenvalue weighted by molar-refractivity contribution is -0.137. The van der Waals surface area contributed by atoms with Gasteiger partial charge in [0.2, 0.25) is 0 Å². The molecular weight excluding hydrogens is 407 g/mol. The minimum absolute atomic E-state index is 0.0251. The van der Waals surface area contributed by atoms with Gasteiger partial charge in [0.1, 0.15) is 11.6 Å². The van der Waals surface area contributed by atoms with Gasteiger partial charge in [-0.25, -0.2) is 8.78 Å². The summed E-state index contributed by atoms with van der Waals surface area (Å²) in [5.74, 6) is -0.622. The van der Waals surface area contributed by atoms with E-state index in [-0.39, 0.29) is 23.7 Å². The molecule has 0 amide bonds. The topological polar surface area (TPSA) is 0 Å². The molecule has 4 atom stereocenters. The van der Waals surface area contributed by atoms with E-state index in [0.29, 0.717) is 12.0 Å². The van der Waals surface area contributed by atoms with E-state index in [1.165, 1.54) is 6.07 Å². The van der Waals surface area contributed by atoms with E-state index in [1.54, 1.807) is 12.1 Å². The van der Waals surface area contributed by atoms with Gasteiger partial charge in [-0.05, 0) is 90.7 Å². The number of hydrogen-bond acceptors (Lipinski definition) is 0. The fourth-order valence-electron chi connectivity index (χ4n) is 5.67. The van der Waals surface area contributed by atoms with Crippen molar-refractivity contribution in [2.45, 2.75) is 63.5 Å². The summed E-state index contributed by atoms with van der Waals surface area (Å²) < 4.78 is 67.6. The first-order chi connectivity index (χ1) is 14.8. The second-order valence-electron chi connectivity index (χ2n) is 8.87. The molecule has 2 aliphatic carbocycles. The fraction of sp³-hybridized carbons (Fsp3) is 0.462. The van der Waals surface area contributed by atoms with Crippen molar-refractivity contribution >= 4 is 0 Å². The van der Waals surface area contributed by atoms with E-state index in [9.17, 15) is 22.0 Å². The van der Waals surface area contributed by atoms with E-state index in [2.05, 4.69) is 19.1 Å². The van der Waals surface area contributed by atoms with Crippen LogP contribution in [0.1, 0.15) is 73.1 Å². The van der Waals surface area contributed by atoms with Crippen LogP contribution in [-0.4, -0.2) is 0 Å². The zero-order valence-electron chi connectivity index (χ0n) is 17.6. The summed E-state index contributed by atoms with van der Waals surface area (Å²) in [7, 11) is 0. The van der Waals surface area contributed by atoms with Crippen molar-refractivity contribution in [3.8, 4) is 0 Å². The Morgan fingerprint density at radius 2 is 1.74 bits per heavy atom. The molecule has 2 aliphatic rings. The number of benzene rings is 2. The van der Waals surface area contributed by atoms with Crippen LogP contribution < -0.4 is 0 Å². The maximum atomic E-state index is 14.4. The van der Waals surface area contributed by atoms with E-state index < -0.39 is 23.4 Å². The van der Waals surface area contributed by atoms with Crippen LogP contribution in [0, 0.1) is 23.5 Å². The Morgan fingerprint density at radius 1 is 1.00 bits per heavy atom. The lowest BCUT2D eigenvalue weighted by Gasteiger charge is -2.46. The maximum absolute atomic E-state index is 14.4. The highest BCUT2D eigenvalue weighted by Crippen LogP contribution is 2.54. The van der Waals surface area contributed by atoms with Crippen LogP contribution in [-0.2, 0) is 12.6 Å². The summed E-state index contributed by atoms with van der Waals surface area (Å²) in [4.78, 5) is 0. The molecule has 0 aliphatic heterocycles. The van der Waals surface area contributed by atoms with Crippen LogP contribution in [0.15, 0.2) is 48.6 Å². The van der Waals surface area contributed by atoms with Gasteiger partial charge < -0.3 is 0 Å². The molecule has 0 bridgehead atoms. The lowest BCUT2D eigenvalue weighted by Crippen LogP contribution is -2.35. The van der Waals surface area contributed by atoms with Crippen LogP contribution in [0.3, 0.4) is 0 Å². The third-order valence-corrected chi connectivity index (χ3v) is 7.03. The molecule has 31 heavy (non-hydrogen) atoms. The summed E-state index contributed by atoms with van der Waals surface area (Å²) in [5.41, 5.74) is 1.59. The molecule has 5 heteroatoms. The quantitative estimate of drug-likeness (QED) is 0.336. The van der Waals surface area contributed by atoms with E-state index in [0.717, 1.165) is 61.4 Å². The summed E-state index contributed by atoms with van der Waals surface area (Å²) in [6.07, 6.45) is 4.98. The molecule has 4 rings (SSSR count). The van der Waals surface area contributed by atoms with Gasteiger partial charge in [0.15, 0.2) is 0 Å². The predicted molar refractivity (Wildman–Crippen MR) is 112 cm³/mol. The Labute approximate surface area is 180 Å². The van der Waals surface area contributed by atoms with Crippen molar-refractivity contribution < 1.29 is 22.0 Å². The number of fused-ring (bicyclic) bond motifs is 3. The molecule has 0 nitrogen and oxygen atoms in total. The molecule has 1 fully saturated rings. The summed E-state index contributed by atoms with van der Waals surface area (Å²) in [6, 6.07) is 7.91. The Kier molecular flexibility index (Phi) is 6.23. The minimum Gasteiger partial charge on any atom is -0.207 e. The molecule has 1 saturated carbocycles. The monoisotopic (exact) mass is 434 g/mol. The van der Waals surface area contributed by atoms with E-state index in [4.69, 9.17) is 0 Å². The van der Waals surface area contributed by atoms with Crippen LogP contribution in [0.25, 0.3) is 0 Å². The van der Waals surface area contributed by atoms with Crippen LogP contribution in [0.4, 0.5) is 22.0 Å². The van der Waals surface area contributed by atoms with Crippen LogP contribution in [0.5, 0.6) is 0 Å². The molecule has 0 heterocycles. The second-order valence-corrected chi connectivity index (χ2v) is 8.87. The minimum atomic E-state index is -4.37. The smallest absolute Gasteiger partial charge is 0.207 e. The van der Waals surface area contributed by atoms with Crippen molar-refractivity contribution in [1.82, 2.24) is 0 Å². The molecule has 2 aromatic rings. The maximum Gasteiger partial charge on any atom is 0.416 e. The molecule has 0 aromatic heterocycles. The highest BCUT2D eigenvalue weighted by Gasteiger charge is 2.43. The second kappa shape index (κ2) is 8.76. The molecule has 2 aromatic carbocycles. The summed E-state index contributed by atoms with van der Waals surface area (Å²) >= 11 is 0. The first-order valence-corrected chi connectivity index (χ1v) is 11.1. The molecule has 0 spiro atoms. The van der Waals surface area contributed by atoms with Crippen molar-refractivity contribution in [2.24, 2.45) is 11.8 Å². The van der Waals surface area contributed by atoms with E-state index in [1.807, 2.05) is 0 Å². The summed E-state index contributed by atoms with van der Waals surface area (Å²) in [5, 5.41) is 0. The third-order valence-electron chi connectivity index (χ3n) is 7.03. The van der Waals surface area contributed by atoms with Gasteiger partial charge in [0.05, 0.1) is 5.56 Å². The normalized spacial score (nSPS) is 26.0. The highest BCUT2D eigenvalue weighted by molar-refractivity contribution is 5.39. The highest BCUT2D eigenvalue weighted by atomic mass is 19.4. The molecule has 0 N–H and O–H groups in total. The van der Waals surface area contributed by atoms with Gasteiger partial charge in [-0.2, -0.15) is 13.2 Å². The largest absolute Gasteiger partial charge is 0.416 e. The first-order valence-electron chi connectivity index (χ1n) is 11.1. The van der Waals surface area contributed by atoms with Gasteiger partial charge in [-0.3, -0.25) is 0 Å². The van der Waals surface area contributed by atoms with Crippen molar-refractivity contribution in [3.05, 3.63) is 82.4 Å². The first kappa shape index (κ1) is 22.0. The number of halogens is 5. The number of alkyl halides is 3. The van der Waals surface area contributed by atoms with Gasteiger partial charge >= 0.3 is 6.18 Å². The Balaban J connectivity index is 1.72. The Hall–Kier alpha value is -2.17. The van der Waals surface area contributed by atoms with Gasteiger partial charge in [0, 0.05) is 6.07 Å². The van der Waals surface area contributed by atoms with Crippen molar-refractivity contribution in [2.75, 3.05) is 0 Å². The lowest BCUT2D eigenvalue weighted by atomic mass is 9.58. The SMILES string of the molecule is CCCC=CC1CCC2c3cc(F)cc(F)c3CCC2C1c1ccc(C(F)(F)F)cc1. The number of allylic oxidation sites excluding steroid dienone is 2. The average Bonchev–Trinajstić information content (AvgIpc) is 2.73. The molecule has 0 radical (unpaired) electrons. The molecular formula is C26H27F5. The number of unbranched alkanes of at least 4 members (excludes halogenated alkanes) is 1. The fourth-order valence-corrected chi connectivity index (χ4v) is 5.67. The van der Waals surface area contributed by atoms with E-state index >= 15 is 0 Å². The van der Waals surface area contributed by atoms with Crippen LogP contribution in [0.2, 0.25) is 0 Å². The number of rotatable bonds is 4. The zero-order valence-corrected chi connectivity index (χ0v) is 17.6. The standard InChI is InChI=1S/C26H27F5/c1-2-3-4-5-16-8-11-20-22(13-12-21-23(20)14-19(27)15-24(21)28)25(16)17-6-9-18(10-7-17)26(29,30)31/h4-7,9-10,14-16,20,22,25H,2-3,8,11-13H2,1H3. The van der Waals surface area contributed by atoms with Crippen molar-refractivity contribution in [3.63, 3.8) is 0 Å². The third kappa shape index (κ3) is 4.42. The van der Waals surface area contributed by atoms with Gasteiger partial charge in [-0.1, -0.05) is 37.6 Å². The van der Waals surface area contributed by atoms with Gasteiger partial charge in [-0.15, -0.1) is 0 Å². The Bertz CT molecular complexity index is 942. The van der Waals surface area contributed by atoms with Crippen LogP contribution >= 0.6 is 0 Å². The van der Waals surface area contributed by atoms with Crippen molar-refractivity contribution in [1.29, 1.82) is 0 Å². The Morgan fingerprint density at radius 3 is 2.42 bits per heavy atom. The predicted octanol–water partition coefficient (Wildman–Crippen LogP) is 8.18. The summed E-state index contributed by atoms with van der Waals surface area (Å²) in [6.45, 7) is 2.11. The average molecular weight is 434 g/mol. The zero-order chi connectivity index (χ0) is 22.2. The molecule has 166 valence electrons. The van der Waals surface area contributed by atoms with Gasteiger partial charge in [0.25, 0.3) is 0 Å². The molecule has 0 saturated heterocycles. The number of hydrogen-bond donors (Lipinski definition) is 0.